The number of nitrogens with two attached hydrogens (primary N) is 1. The Morgan fingerprint density at radius 1 is 0.960 bits per heavy atom. The smallest absolute Gasteiger partial charge is 0.222 e. The number of benzene rings is 2. The number of ether oxygens (including phenoxy) is 2. The Labute approximate surface area is 150 Å². The molecular weight excluding hydrogens is 340 g/mol. The maximum atomic E-state index is 6.15. The lowest BCUT2D eigenvalue weighted by Gasteiger charge is -2.10. The van der Waals surface area contributed by atoms with Gasteiger partial charge in [0.05, 0.1) is 24.9 Å². The third-order valence-electron chi connectivity index (χ3n) is 3.55. The molecule has 1 heterocycles. The first-order valence-corrected chi connectivity index (χ1v) is 7.86. The molecule has 7 heteroatoms. The van der Waals surface area contributed by atoms with Crippen LogP contribution in [0.5, 0.6) is 11.5 Å². The fourth-order valence-electron chi connectivity index (χ4n) is 2.33. The highest BCUT2D eigenvalue weighted by molar-refractivity contribution is 6.32. The van der Waals surface area contributed by atoms with Crippen molar-refractivity contribution in [1.29, 1.82) is 0 Å². The third-order valence-corrected chi connectivity index (χ3v) is 3.85. The van der Waals surface area contributed by atoms with Gasteiger partial charge in [-0.25, -0.2) is 4.98 Å². The molecule has 3 aromatic rings. The molecule has 0 saturated heterocycles. The molecule has 3 N–H and O–H groups in total. The summed E-state index contributed by atoms with van der Waals surface area (Å²) in [4.78, 5) is 8.50. The van der Waals surface area contributed by atoms with Crippen LogP contribution in [0.3, 0.4) is 0 Å². The number of hydrogen-bond donors (Lipinski definition) is 2. The molecular formula is C18H17ClN4O2. The van der Waals surface area contributed by atoms with Gasteiger partial charge in [-0.1, -0.05) is 11.6 Å². The summed E-state index contributed by atoms with van der Waals surface area (Å²) in [5.41, 5.74) is 8.23. The zero-order valence-electron chi connectivity index (χ0n) is 13.8. The van der Waals surface area contributed by atoms with Gasteiger partial charge in [0.15, 0.2) is 0 Å². The summed E-state index contributed by atoms with van der Waals surface area (Å²) in [5.74, 6) is 2.13. The number of nitrogens with zero attached hydrogens (tertiary/aromatic N) is 2. The second-order valence-corrected chi connectivity index (χ2v) is 5.61. The Kier molecular flexibility index (Phi) is 4.90. The normalized spacial score (nSPS) is 10.4. The van der Waals surface area contributed by atoms with E-state index in [0.29, 0.717) is 22.3 Å². The highest BCUT2D eigenvalue weighted by Crippen LogP contribution is 2.29. The predicted octanol–water partition coefficient (Wildman–Crippen LogP) is 4.14. The molecule has 0 saturated carbocycles. The molecule has 0 aliphatic heterocycles. The average Bonchev–Trinajstić information content (AvgIpc) is 2.61. The van der Waals surface area contributed by atoms with Crippen LogP contribution in [-0.4, -0.2) is 24.2 Å². The zero-order chi connectivity index (χ0) is 17.8. The van der Waals surface area contributed by atoms with E-state index >= 15 is 0 Å². The van der Waals surface area contributed by atoms with E-state index in [1.165, 1.54) is 0 Å². The molecule has 0 unspecified atom stereocenters. The summed E-state index contributed by atoms with van der Waals surface area (Å²) < 4.78 is 10.3. The number of aromatic nitrogens is 2. The Bertz CT molecular complexity index is 885. The Balaban J connectivity index is 1.89. The first kappa shape index (κ1) is 16.9. The van der Waals surface area contributed by atoms with Crippen molar-refractivity contribution in [2.75, 3.05) is 25.3 Å². The molecule has 0 radical (unpaired) electrons. The summed E-state index contributed by atoms with van der Waals surface area (Å²) in [6.45, 7) is 0. The molecule has 1 aromatic heterocycles. The van der Waals surface area contributed by atoms with Gasteiger partial charge in [0.2, 0.25) is 5.95 Å². The minimum absolute atomic E-state index is 0.176. The van der Waals surface area contributed by atoms with Gasteiger partial charge in [0.1, 0.15) is 17.3 Å². The van der Waals surface area contributed by atoms with Gasteiger partial charge in [-0.3, -0.25) is 0 Å². The lowest BCUT2D eigenvalue weighted by molar-refractivity contribution is 0.415. The highest BCUT2D eigenvalue weighted by Gasteiger charge is 2.07. The van der Waals surface area contributed by atoms with E-state index in [2.05, 4.69) is 15.3 Å². The van der Waals surface area contributed by atoms with Gasteiger partial charge in [-0.15, -0.1) is 0 Å². The second-order valence-electron chi connectivity index (χ2n) is 5.20. The number of hydrogen-bond acceptors (Lipinski definition) is 6. The van der Waals surface area contributed by atoms with Crippen LogP contribution in [0.1, 0.15) is 0 Å². The summed E-state index contributed by atoms with van der Waals surface area (Å²) in [5, 5.41) is 3.68. The van der Waals surface area contributed by atoms with Crippen molar-refractivity contribution in [3.05, 3.63) is 53.6 Å². The van der Waals surface area contributed by atoms with E-state index in [-0.39, 0.29) is 5.95 Å². The fourth-order valence-corrected chi connectivity index (χ4v) is 2.59. The van der Waals surface area contributed by atoms with Crippen molar-refractivity contribution in [3.63, 3.8) is 0 Å². The lowest BCUT2D eigenvalue weighted by atomic mass is 10.1. The molecule has 128 valence electrons. The quantitative estimate of drug-likeness (QED) is 0.715. The van der Waals surface area contributed by atoms with Crippen molar-refractivity contribution in [1.82, 2.24) is 9.97 Å². The summed E-state index contributed by atoms with van der Waals surface area (Å²) >= 11 is 6.15. The zero-order valence-corrected chi connectivity index (χ0v) is 14.5. The average molecular weight is 357 g/mol. The van der Waals surface area contributed by atoms with Crippen LogP contribution in [0.25, 0.3) is 11.3 Å². The SMILES string of the molecule is COc1ccc(-c2cc(Nc3ccc(OC)c(Cl)c3)nc(N)n2)cc1. The maximum Gasteiger partial charge on any atom is 0.222 e. The van der Waals surface area contributed by atoms with Gasteiger partial charge in [0.25, 0.3) is 0 Å². The number of methoxy groups -OCH3 is 2. The van der Waals surface area contributed by atoms with E-state index in [9.17, 15) is 0 Å². The summed E-state index contributed by atoms with van der Waals surface area (Å²) in [6, 6.07) is 14.7. The first-order valence-electron chi connectivity index (χ1n) is 7.48. The molecule has 2 aromatic carbocycles. The molecule has 6 nitrogen and oxygen atoms in total. The van der Waals surface area contributed by atoms with Crippen LogP contribution in [0.4, 0.5) is 17.5 Å². The van der Waals surface area contributed by atoms with Crippen molar-refractivity contribution in [2.24, 2.45) is 0 Å². The van der Waals surface area contributed by atoms with Crippen LogP contribution in [0.15, 0.2) is 48.5 Å². The van der Waals surface area contributed by atoms with Crippen LogP contribution in [0.2, 0.25) is 5.02 Å². The van der Waals surface area contributed by atoms with Crippen LogP contribution >= 0.6 is 11.6 Å². The maximum absolute atomic E-state index is 6.15. The van der Waals surface area contributed by atoms with E-state index < -0.39 is 0 Å². The van der Waals surface area contributed by atoms with Gasteiger partial charge < -0.3 is 20.5 Å². The van der Waals surface area contributed by atoms with Gasteiger partial charge in [0, 0.05) is 17.3 Å². The van der Waals surface area contributed by atoms with Crippen LogP contribution in [-0.2, 0) is 0 Å². The fraction of sp³-hybridized carbons (Fsp3) is 0.111. The number of rotatable bonds is 5. The Morgan fingerprint density at radius 3 is 2.36 bits per heavy atom. The molecule has 0 fully saturated rings. The van der Waals surface area contributed by atoms with Crippen LogP contribution < -0.4 is 20.5 Å². The standard InChI is InChI=1S/C18H17ClN4O2/c1-24-13-6-3-11(4-7-13)15-10-17(23-18(20)22-15)21-12-5-8-16(25-2)14(19)9-12/h3-10H,1-2H3,(H3,20,21,22,23). The number of nitrogen functional groups attached to an aromatic ring is 1. The molecule has 0 aliphatic rings. The number of nitrogens with one attached hydrogen (secondary N) is 1. The molecule has 25 heavy (non-hydrogen) atoms. The molecule has 0 amide bonds. The van der Waals surface area contributed by atoms with E-state index in [1.54, 1.807) is 26.4 Å². The topological polar surface area (TPSA) is 82.3 Å². The van der Waals surface area contributed by atoms with Gasteiger partial charge >= 0.3 is 0 Å². The summed E-state index contributed by atoms with van der Waals surface area (Å²) in [6.07, 6.45) is 0. The molecule has 0 bridgehead atoms. The Hall–Kier alpha value is -2.99. The second kappa shape index (κ2) is 7.27. The van der Waals surface area contributed by atoms with Crippen molar-refractivity contribution in [2.45, 2.75) is 0 Å². The predicted molar refractivity (Wildman–Crippen MR) is 99.7 cm³/mol. The molecule has 0 atom stereocenters. The van der Waals surface area contributed by atoms with E-state index in [0.717, 1.165) is 17.0 Å². The van der Waals surface area contributed by atoms with Crippen molar-refractivity contribution >= 4 is 29.1 Å². The largest absolute Gasteiger partial charge is 0.497 e. The Morgan fingerprint density at radius 2 is 1.72 bits per heavy atom. The van der Waals surface area contributed by atoms with Gasteiger partial charge in [-0.2, -0.15) is 4.98 Å². The minimum Gasteiger partial charge on any atom is -0.497 e. The van der Waals surface area contributed by atoms with E-state index in [4.69, 9.17) is 26.8 Å². The van der Waals surface area contributed by atoms with Crippen molar-refractivity contribution in [3.8, 4) is 22.8 Å². The number of anilines is 3. The first-order chi connectivity index (χ1) is 12.1. The molecule has 0 aliphatic carbocycles. The van der Waals surface area contributed by atoms with Gasteiger partial charge in [-0.05, 0) is 42.5 Å². The third kappa shape index (κ3) is 3.92. The molecule has 0 spiro atoms. The van der Waals surface area contributed by atoms with Crippen LogP contribution in [0, 0.1) is 0 Å². The van der Waals surface area contributed by atoms with Crippen molar-refractivity contribution < 1.29 is 9.47 Å². The summed E-state index contributed by atoms with van der Waals surface area (Å²) in [7, 11) is 3.19. The number of halogens is 1. The monoisotopic (exact) mass is 356 g/mol. The minimum atomic E-state index is 0.176. The van der Waals surface area contributed by atoms with E-state index in [1.807, 2.05) is 36.4 Å². The lowest BCUT2D eigenvalue weighted by Crippen LogP contribution is -2.01. The highest BCUT2D eigenvalue weighted by atomic mass is 35.5. The molecule has 3 rings (SSSR count).